The molecule has 0 bridgehead atoms. The first-order chi connectivity index (χ1) is 10.7. The number of aryl methyl sites for hydroxylation is 1. The molecule has 0 spiro atoms. The van der Waals surface area contributed by atoms with E-state index in [0.717, 1.165) is 37.8 Å². The summed E-state index contributed by atoms with van der Waals surface area (Å²) >= 11 is 0. The second kappa shape index (κ2) is 7.27. The lowest BCUT2D eigenvalue weighted by Gasteiger charge is -2.31. The third-order valence-corrected chi connectivity index (χ3v) is 4.84. The van der Waals surface area contributed by atoms with E-state index in [1.54, 1.807) is 6.07 Å². The second-order valence-corrected chi connectivity index (χ2v) is 6.64. The van der Waals surface area contributed by atoms with Crippen LogP contribution in [0.1, 0.15) is 44.2 Å². The Bertz CT molecular complexity index is 542. The third kappa shape index (κ3) is 3.69. The Hall–Kier alpha value is -1.36. The molecule has 5 heteroatoms. The van der Waals surface area contributed by atoms with Crippen molar-refractivity contribution in [1.82, 2.24) is 14.5 Å². The number of aromatic nitrogens is 2. The molecule has 2 saturated heterocycles. The van der Waals surface area contributed by atoms with Gasteiger partial charge in [-0.2, -0.15) is 0 Å². The molecule has 22 heavy (non-hydrogen) atoms. The van der Waals surface area contributed by atoms with Crippen LogP contribution in [0.3, 0.4) is 0 Å². The van der Waals surface area contributed by atoms with E-state index in [2.05, 4.69) is 9.80 Å². The van der Waals surface area contributed by atoms with Crippen LogP contribution in [0.25, 0.3) is 0 Å². The molecule has 0 saturated carbocycles. The summed E-state index contributed by atoms with van der Waals surface area (Å²) in [5.74, 6) is 0.890. The van der Waals surface area contributed by atoms with Crippen molar-refractivity contribution in [2.75, 3.05) is 37.6 Å². The molecule has 3 rings (SSSR count). The van der Waals surface area contributed by atoms with Crippen molar-refractivity contribution in [1.29, 1.82) is 0 Å². The van der Waals surface area contributed by atoms with E-state index in [1.165, 1.54) is 51.6 Å². The van der Waals surface area contributed by atoms with Crippen molar-refractivity contribution < 1.29 is 0 Å². The molecule has 2 aliphatic rings. The molecule has 1 aromatic heterocycles. The smallest absolute Gasteiger partial charge is 0.255 e. The molecule has 1 aromatic rings. The lowest BCUT2D eigenvalue weighted by Crippen LogP contribution is -2.39. The van der Waals surface area contributed by atoms with Gasteiger partial charge in [0.25, 0.3) is 5.56 Å². The van der Waals surface area contributed by atoms with Crippen LogP contribution in [-0.2, 0) is 6.54 Å². The maximum Gasteiger partial charge on any atom is 0.255 e. The molecule has 0 unspecified atom stereocenters. The van der Waals surface area contributed by atoms with E-state index in [4.69, 9.17) is 4.98 Å². The first-order valence-corrected chi connectivity index (χ1v) is 8.80. The highest BCUT2D eigenvalue weighted by atomic mass is 16.1. The van der Waals surface area contributed by atoms with Gasteiger partial charge in [0.2, 0.25) is 5.95 Å². The standard InChI is InChI=1S/C17H28N4O/c1-15-14-16(22)21(13-12-19-8-4-2-5-9-19)17(18-15)20-10-6-3-7-11-20/h14H,2-13H2,1H3. The van der Waals surface area contributed by atoms with Gasteiger partial charge in [-0.25, -0.2) is 4.98 Å². The second-order valence-electron chi connectivity index (χ2n) is 6.64. The Kier molecular flexibility index (Phi) is 5.13. The molecular weight excluding hydrogens is 276 g/mol. The van der Waals surface area contributed by atoms with Crippen molar-refractivity contribution in [3.63, 3.8) is 0 Å². The summed E-state index contributed by atoms with van der Waals surface area (Å²) in [6.07, 6.45) is 7.63. The van der Waals surface area contributed by atoms with Gasteiger partial charge < -0.3 is 9.80 Å². The zero-order valence-electron chi connectivity index (χ0n) is 13.8. The first-order valence-electron chi connectivity index (χ1n) is 8.80. The predicted octanol–water partition coefficient (Wildman–Crippen LogP) is 2.03. The van der Waals surface area contributed by atoms with Crippen LogP contribution in [0.2, 0.25) is 0 Å². The molecule has 5 nitrogen and oxygen atoms in total. The lowest BCUT2D eigenvalue weighted by molar-refractivity contribution is 0.220. The number of piperidine rings is 2. The van der Waals surface area contributed by atoms with E-state index in [9.17, 15) is 4.79 Å². The van der Waals surface area contributed by atoms with Crippen molar-refractivity contribution in [2.45, 2.75) is 52.0 Å². The van der Waals surface area contributed by atoms with Gasteiger partial charge in [-0.05, 0) is 52.1 Å². The molecule has 0 radical (unpaired) electrons. The van der Waals surface area contributed by atoms with Crippen molar-refractivity contribution >= 4 is 5.95 Å². The van der Waals surface area contributed by atoms with Gasteiger partial charge >= 0.3 is 0 Å². The zero-order chi connectivity index (χ0) is 15.4. The maximum atomic E-state index is 12.5. The molecule has 3 heterocycles. The normalized spacial score (nSPS) is 20.3. The van der Waals surface area contributed by atoms with E-state index < -0.39 is 0 Å². The van der Waals surface area contributed by atoms with E-state index in [0.29, 0.717) is 0 Å². The van der Waals surface area contributed by atoms with Crippen LogP contribution in [-0.4, -0.2) is 47.2 Å². The molecule has 0 amide bonds. The molecule has 122 valence electrons. The van der Waals surface area contributed by atoms with Crippen LogP contribution >= 0.6 is 0 Å². The minimum absolute atomic E-state index is 0.102. The van der Waals surface area contributed by atoms with Gasteiger partial charge in [0, 0.05) is 37.9 Å². The summed E-state index contributed by atoms with van der Waals surface area (Å²) in [6, 6.07) is 1.67. The highest BCUT2D eigenvalue weighted by molar-refractivity contribution is 5.32. The number of hydrogen-bond donors (Lipinski definition) is 0. The van der Waals surface area contributed by atoms with Crippen molar-refractivity contribution in [3.8, 4) is 0 Å². The van der Waals surface area contributed by atoms with Crippen molar-refractivity contribution in [3.05, 3.63) is 22.1 Å². The van der Waals surface area contributed by atoms with E-state index in [1.807, 2.05) is 11.5 Å². The fourth-order valence-electron chi connectivity index (χ4n) is 3.58. The van der Waals surface area contributed by atoms with Gasteiger partial charge in [-0.1, -0.05) is 6.42 Å². The highest BCUT2D eigenvalue weighted by Crippen LogP contribution is 2.17. The van der Waals surface area contributed by atoms with Crippen molar-refractivity contribution in [2.24, 2.45) is 0 Å². The summed E-state index contributed by atoms with van der Waals surface area (Å²) in [5, 5.41) is 0. The molecule has 0 aliphatic carbocycles. The fourth-order valence-corrected chi connectivity index (χ4v) is 3.58. The molecule has 0 aromatic carbocycles. The predicted molar refractivity (Wildman–Crippen MR) is 89.6 cm³/mol. The summed E-state index contributed by atoms with van der Waals surface area (Å²) < 4.78 is 1.90. The number of anilines is 1. The minimum Gasteiger partial charge on any atom is -0.342 e. The lowest BCUT2D eigenvalue weighted by atomic mass is 10.1. The van der Waals surface area contributed by atoms with E-state index in [-0.39, 0.29) is 5.56 Å². The molecule has 0 atom stereocenters. The summed E-state index contributed by atoms with van der Waals surface area (Å²) in [4.78, 5) is 21.9. The SMILES string of the molecule is Cc1cc(=O)n(CCN2CCCCC2)c(N2CCCCC2)n1. The molecule has 2 aliphatic heterocycles. The fraction of sp³-hybridized carbons (Fsp3) is 0.765. The number of likely N-dealkylation sites (tertiary alicyclic amines) is 1. The Balaban J connectivity index is 1.77. The molecular formula is C17H28N4O. The Morgan fingerprint density at radius 1 is 0.955 bits per heavy atom. The highest BCUT2D eigenvalue weighted by Gasteiger charge is 2.18. The zero-order valence-corrected chi connectivity index (χ0v) is 13.8. The van der Waals surface area contributed by atoms with Gasteiger partial charge in [0.05, 0.1) is 0 Å². The van der Waals surface area contributed by atoms with Crippen LogP contribution in [0.5, 0.6) is 0 Å². The van der Waals surface area contributed by atoms with Crippen LogP contribution < -0.4 is 10.5 Å². The summed E-state index contributed by atoms with van der Waals surface area (Å²) in [7, 11) is 0. The Labute approximate surface area is 132 Å². The van der Waals surface area contributed by atoms with Gasteiger partial charge in [-0.15, -0.1) is 0 Å². The first kappa shape index (κ1) is 15.5. The Morgan fingerprint density at radius 3 is 2.27 bits per heavy atom. The average Bonchev–Trinajstić information content (AvgIpc) is 2.55. The van der Waals surface area contributed by atoms with Crippen LogP contribution in [0.15, 0.2) is 10.9 Å². The maximum absolute atomic E-state index is 12.5. The van der Waals surface area contributed by atoms with Gasteiger partial charge in [-0.3, -0.25) is 9.36 Å². The largest absolute Gasteiger partial charge is 0.342 e. The van der Waals surface area contributed by atoms with Crippen LogP contribution in [0, 0.1) is 6.92 Å². The Morgan fingerprint density at radius 2 is 1.59 bits per heavy atom. The summed E-state index contributed by atoms with van der Waals surface area (Å²) in [5.41, 5.74) is 0.935. The van der Waals surface area contributed by atoms with Crippen LogP contribution in [0.4, 0.5) is 5.95 Å². The minimum atomic E-state index is 0.102. The van der Waals surface area contributed by atoms with Gasteiger partial charge in [0.15, 0.2) is 0 Å². The quantitative estimate of drug-likeness (QED) is 0.853. The third-order valence-electron chi connectivity index (χ3n) is 4.84. The summed E-state index contributed by atoms with van der Waals surface area (Å²) in [6.45, 7) is 8.05. The molecule has 0 N–H and O–H groups in total. The number of hydrogen-bond acceptors (Lipinski definition) is 4. The number of rotatable bonds is 4. The average molecular weight is 304 g/mol. The topological polar surface area (TPSA) is 41.4 Å². The number of nitrogens with zero attached hydrogens (tertiary/aromatic N) is 4. The molecule has 2 fully saturated rings. The monoisotopic (exact) mass is 304 g/mol. The van der Waals surface area contributed by atoms with Gasteiger partial charge in [0.1, 0.15) is 0 Å². The van der Waals surface area contributed by atoms with E-state index >= 15 is 0 Å².